The van der Waals surface area contributed by atoms with Crippen LogP contribution in [0.25, 0.3) is 0 Å². The van der Waals surface area contributed by atoms with Gasteiger partial charge in [0.2, 0.25) is 0 Å². The molecule has 156 valence electrons. The van der Waals surface area contributed by atoms with E-state index in [1.54, 1.807) is 10.9 Å². The summed E-state index contributed by atoms with van der Waals surface area (Å²) in [6, 6.07) is 0. The largest absolute Gasteiger partial charge is 0.436 e. The molecule has 2 heterocycles. The van der Waals surface area contributed by atoms with Crippen LogP contribution in [-0.2, 0) is 24.1 Å². The van der Waals surface area contributed by atoms with Crippen molar-refractivity contribution in [3.8, 4) is 0 Å². The van der Waals surface area contributed by atoms with Crippen LogP contribution in [-0.4, -0.2) is 30.6 Å². The maximum absolute atomic E-state index is 12.8. The molecule has 0 aromatic carbocycles. The van der Waals surface area contributed by atoms with Gasteiger partial charge >= 0.3 is 6.18 Å². The summed E-state index contributed by atoms with van der Waals surface area (Å²) in [6.07, 6.45) is -3.02. The first-order chi connectivity index (χ1) is 12.5. The third kappa shape index (κ3) is 5.58. The average molecular weight is 505 g/mol. The molecule has 0 radical (unpaired) electrons. The Bertz CT molecular complexity index is 868. The van der Waals surface area contributed by atoms with Gasteiger partial charge in [0, 0.05) is 6.54 Å². The van der Waals surface area contributed by atoms with Crippen molar-refractivity contribution < 1.29 is 18.0 Å². The predicted molar refractivity (Wildman–Crippen MR) is 107 cm³/mol. The second-order valence-corrected chi connectivity index (χ2v) is 6.69. The van der Waals surface area contributed by atoms with Crippen LogP contribution in [0.2, 0.25) is 0 Å². The first kappa shape index (κ1) is 24.2. The number of hydrogen-bond acceptors (Lipinski definition) is 4. The lowest BCUT2D eigenvalue weighted by Gasteiger charge is -2.12. The molecule has 14 heteroatoms. The van der Waals surface area contributed by atoms with E-state index < -0.39 is 24.3 Å². The summed E-state index contributed by atoms with van der Waals surface area (Å²) < 4.78 is 41.1. The van der Waals surface area contributed by atoms with Crippen molar-refractivity contribution in [2.24, 2.45) is 0 Å². The van der Waals surface area contributed by atoms with Gasteiger partial charge in [-0.05, 0) is 48.9 Å². The van der Waals surface area contributed by atoms with Crippen molar-refractivity contribution in [2.75, 3.05) is 5.32 Å². The average Bonchev–Trinajstić information content (AvgIpc) is 3.07. The third-order valence-corrected chi connectivity index (χ3v) is 4.82. The molecule has 2 aromatic heterocycles. The summed E-state index contributed by atoms with van der Waals surface area (Å²) in [5.74, 6) is -0.619. The number of halogens is 5. The number of amides is 1. The van der Waals surface area contributed by atoms with Crippen LogP contribution in [0.5, 0.6) is 0 Å². The van der Waals surface area contributed by atoms with Crippen LogP contribution in [0.15, 0.2) is 10.7 Å². The normalized spacial score (nSPS) is 11.0. The number of nitrogens with zero attached hydrogens (tertiary/aromatic N) is 4. The molecule has 2 rings (SSSR count). The first-order valence-corrected chi connectivity index (χ1v) is 8.93. The van der Waals surface area contributed by atoms with E-state index in [1.807, 2.05) is 13.8 Å². The minimum atomic E-state index is -4.62. The lowest BCUT2D eigenvalue weighted by atomic mass is 10.3. The maximum atomic E-state index is 12.8. The fraction of sp³-hybridized carbons (Fsp3) is 0.429. The fourth-order valence-corrected chi connectivity index (χ4v) is 2.87. The number of thiocarbonyl (C=S) groups is 1. The Labute approximate surface area is 178 Å². The van der Waals surface area contributed by atoms with Crippen molar-refractivity contribution in [3.63, 3.8) is 0 Å². The number of carbonyl (C=O) groups is 1. The number of carbonyl (C=O) groups excluding carboxylic acids is 1. The molecule has 0 unspecified atom stereocenters. The molecular weight excluding hydrogens is 487 g/mol. The van der Waals surface area contributed by atoms with Crippen LogP contribution < -0.4 is 16.2 Å². The van der Waals surface area contributed by atoms with Gasteiger partial charge in [0.05, 0.1) is 27.7 Å². The lowest BCUT2D eigenvalue weighted by Crippen LogP contribution is -2.45. The van der Waals surface area contributed by atoms with Crippen molar-refractivity contribution in [1.82, 2.24) is 30.4 Å². The van der Waals surface area contributed by atoms with Crippen LogP contribution >= 0.6 is 40.6 Å². The van der Waals surface area contributed by atoms with Crippen LogP contribution in [0.3, 0.4) is 0 Å². The van der Waals surface area contributed by atoms with Gasteiger partial charge in [-0.3, -0.25) is 25.0 Å². The first-order valence-electron chi connectivity index (χ1n) is 7.72. The Balaban J connectivity index is 0.00000392. The van der Waals surface area contributed by atoms with Crippen LogP contribution in [0, 0.1) is 13.8 Å². The second-order valence-electron chi connectivity index (χ2n) is 5.49. The molecule has 8 nitrogen and oxygen atoms in total. The number of aryl methyl sites for hydroxylation is 1. The van der Waals surface area contributed by atoms with Gasteiger partial charge in [0.1, 0.15) is 6.54 Å². The van der Waals surface area contributed by atoms with Gasteiger partial charge in [0.25, 0.3) is 5.91 Å². The zero-order valence-electron chi connectivity index (χ0n) is 15.0. The van der Waals surface area contributed by atoms with Gasteiger partial charge in [-0.1, -0.05) is 0 Å². The van der Waals surface area contributed by atoms with Gasteiger partial charge in [-0.2, -0.15) is 23.4 Å². The van der Waals surface area contributed by atoms with Crippen molar-refractivity contribution >= 4 is 57.3 Å². The number of anilines is 1. The molecule has 0 bridgehead atoms. The fourth-order valence-electron chi connectivity index (χ4n) is 2.20. The summed E-state index contributed by atoms with van der Waals surface area (Å²) in [5.41, 5.74) is 5.43. The monoisotopic (exact) mass is 503 g/mol. The van der Waals surface area contributed by atoms with Gasteiger partial charge in [-0.15, -0.1) is 12.4 Å². The highest BCUT2D eigenvalue weighted by Crippen LogP contribution is 2.35. The lowest BCUT2D eigenvalue weighted by molar-refractivity contribution is -0.142. The van der Waals surface area contributed by atoms with E-state index >= 15 is 0 Å². The highest BCUT2D eigenvalue weighted by atomic mass is 79.9. The van der Waals surface area contributed by atoms with E-state index in [0.29, 0.717) is 12.2 Å². The Morgan fingerprint density at radius 2 is 1.89 bits per heavy atom. The summed E-state index contributed by atoms with van der Waals surface area (Å²) >= 11 is 7.92. The standard InChI is InChI=1S/C14H17BrF3N7OS.ClH/c1-4-24-7(2)9(5-19-24)20-13(27)22-21-10(26)6-25-8(3)11(15)12(23-25)14(16,17)18;/h5H,4,6H2,1-3H3,(H,21,26)(H2,20,22,27);1H. The molecule has 0 atom stereocenters. The molecule has 1 amide bonds. The summed E-state index contributed by atoms with van der Waals surface area (Å²) in [5, 5.41) is 10.6. The predicted octanol–water partition coefficient (Wildman–Crippen LogP) is 2.94. The molecule has 0 saturated carbocycles. The minimum Gasteiger partial charge on any atom is -0.329 e. The van der Waals surface area contributed by atoms with Gasteiger partial charge in [0.15, 0.2) is 10.8 Å². The quantitative estimate of drug-likeness (QED) is 0.438. The molecule has 3 N–H and O–H groups in total. The number of hydrazine groups is 1. The number of rotatable bonds is 4. The number of aromatic nitrogens is 4. The van der Waals surface area contributed by atoms with Gasteiger partial charge < -0.3 is 5.32 Å². The molecule has 0 fully saturated rings. The molecule has 0 aliphatic rings. The molecule has 0 spiro atoms. The molecule has 0 saturated heterocycles. The van der Waals surface area contributed by atoms with Crippen LogP contribution in [0.4, 0.5) is 18.9 Å². The molecular formula is C14H18BrClF3N7OS. The molecule has 0 aliphatic heterocycles. The Kier molecular flexibility index (Phi) is 8.26. The van der Waals surface area contributed by atoms with E-state index in [9.17, 15) is 18.0 Å². The van der Waals surface area contributed by atoms with E-state index in [4.69, 9.17) is 12.2 Å². The minimum absolute atomic E-state index is 0. The number of nitrogens with one attached hydrogen (secondary N) is 3. The third-order valence-electron chi connectivity index (χ3n) is 3.66. The Morgan fingerprint density at radius 1 is 1.25 bits per heavy atom. The zero-order valence-corrected chi connectivity index (χ0v) is 18.2. The van der Waals surface area contributed by atoms with Gasteiger partial charge in [-0.25, -0.2) is 0 Å². The smallest absolute Gasteiger partial charge is 0.329 e. The number of alkyl halides is 3. The van der Waals surface area contributed by atoms with Crippen LogP contribution in [0.1, 0.15) is 24.0 Å². The highest BCUT2D eigenvalue weighted by Gasteiger charge is 2.38. The van der Waals surface area contributed by atoms with E-state index in [-0.39, 0.29) is 27.7 Å². The summed E-state index contributed by atoms with van der Waals surface area (Å²) in [6.45, 7) is 5.51. The second kappa shape index (κ2) is 9.56. The highest BCUT2D eigenvalue weighted by molar-refractivity contribution is 9.10. The van der Waals surface area contributed by atoms with Crippen molar-refractivity contribution in [3.05, 3.63) is 27.8 Å². The Hall–Kier alpha value is -1.86. The van der Waals surface area contributed by atoms with Crippen molar-refractivity contribution in [1.29, 1.82) is 0 Å². The summed E-state index contributed by atoms with van der Waals surface area (Å²) in [7, 11) is 0. The van der Waals surface area contributed by atoms with Crippen molar-refractivity contribution in [2.45, 2.75) is 40.0 Å². The van der Waals surface area contributed by atoms with E-state index in [2.05, 4.69) is 42.3 Å². The molecule has 0 aliphatic carbocycles. The molecule has 2 aromatic rings. The number of hydrogen-bond donors (Lipinski definition) is 3. The maximum Gasteiger partial charge on any atom is 0.436 e. The SMILES string of the molecule is CCn1ncc(NC(=S)NNC(=O)Cn2nc(C(F)(F)F)c(Br)c2C)c1C.Cl. The molecule has 28 heavy (non-hydrogen) atoms. The summed E-state index contributed by atoms with van der Waals surface area (Å²) in [4.78, 5) is 12.0. The van der Waals surface area contributed by atoms with E-state index in [1.165, 1.54) is 6.92 Å². The Morgan fingerprint density at radius 3 is 2.39 bits per heavy atom. The topological polar surface area (TPSA) is 88.8 Å². The zero-order chi connectivity index (χ0) is 20.4. The van der Waals surface area contributed by atoms with E-state index in [0.717, 1.165) is 10.4 Å².